The van der Waals surface area contributed by atoms with Crippen LogP contribution in [-0.4, -0.2) is 24.6 Å². The van der Waals surface area contributed by atoms with Crippen LogP contribution in [0, 0.1) is 11.6 Å². The molecule has 7 aromatic carbocycles. The van der Waals surface area contributed by atoms with E-state index in [1.54, 1.807) is 6.07 Å². The third kappa shape index (κ3) is 7.81. The van der Waals surface area contributed by atoms with Crippen molar-refractivity contribution >= 4 is 33.1 Å². The fourth-order valence-corrected chi connectivity index (χ4v) is 9.46. The van der Waals surface area contributed by atoms with Crippen LogP contribution in [0.4, 0.5) is 8.78 Å². The van der Waals surface area contributed by atoms with Gasteiger partial charge in [0, 0.05) is 50.9 Å². The number of aromatic nitrogens is 4. The number of benzene rings is 7. The molecule has 338 valence electrons. The summed E-state index contributed by atoms with van der Waals surface area (Å²) in [6, 6.07) is 54.8. The van der Waals surface area contributed by atoms with Crippen molar-refractivity contribution in [2.45, 2.75) is 52.4 Å². The first-order valence-corrected chi connectivity index (χ1v) is 23.1. The molecule has 0 amide bonds. The van der Waals surface area contributed by atoms with Gasteiger partial charge >= 0.3 is 0 Å². The maximum atomic E-state index is 14.5. The zero-order chi connectivity index (χ0) is 47.8. The van der Waals surface area contributed by atoms with Crippen molar-refractivity contribution in [1.29, 1.82) is 0 Å². The van der Waals surface area contributed by atoms with Crippen LogP contribution >= 0.6 is 0 Å². The highest BCUT2D eigenvalue weighted by atomic mass is 19.1. The van der Waals surface area contributed by atoms with Gasteiger partial charge in [0.2, 0.25) is 5.71 Å². The lowest BCUT2D eigenvalue weighted by molar-refractivity contribution is 0.448. The number of furan rings is 1. The van der Waals surface area contributed by atoms with Crippen molar-refractivity contribution in [3.63, 3.8) is 0 Å². The Morgan fingerprint density at radius 3 is 1.91 bits per heavy atom. The monoisotopic (exact) mass is 906 g/mol. The van der Waals surface area contributed by atoms with E-state index in [-0.39, 0.29) is 22.4 Å². The molecule has 6 nitrogen and oxygen atoms in total. The van der Waals surface area contributed by atoms with Crippen molar-refractivity contribution in [2.75, 3.05) is 0 Å². The number of nitrogens with zero attached hydrogens (tertiary/aromatic N) is 4. The summed E-state index contributed by atoms with van der Waals surface area (Å²) in [5, 5.41) is 14.2. The minimum absolute atomic E-state index is 0.0261. The largest absolute Gasteiger partial charge is 0.507 e. The molecule has 8 heteroatoms. The molecule has 0 aliphatic carbocycles. The van der Waals surface area contributed by atoms with Crippen LogP contribution in [0.3, 0.4) is 0 Å². The van der Waals surface area contributed by atoms with Crippen LogP contribution in [0.2, 0.25) is 0 Å². The van der Waals surface area contributed by atoms with Crippen molar-refractivity contribution in [3.05, 3.63) is 199 Å². The van der Waals surface area contributed by atoms with Crippen LogP contribution in [0.15, 0.2) is 180 Å². The zero-order valence-corrected chi connectivity index (χ0v) is 39.1. The van der Waals surface area contributed by atoms with E-state index in [2.05, 4.69) is 125 Å². The van der Waals surface area contributed by atoms with Gasteiger partial charge < -0.3 is 9.52 Å². The smallest absolute Gasteiger partial charge is 0.227 e. The minimum atomic E-state index is -0.706. The summed E-state index contributed by atoms with van der Waals surface area (Å²) in [5.41, 5.74) is 13.0. The quantitative estimate of drug-likeness (QED) is 0.172. The van der Waals surface area contributed by atoms with Gasteiger partial charge in [0.25, 0.3) is 0 Å². The fourth-order valence-electron chi connectivity index (χ4n) is 9.46. The van der Waals surface area contributed by atoms with Gasteiger partial charge in [-0.3, -0.25) is 9.55 Å². The van der Waals surface area contributed by atoms with Crippen molar-refractivity contribution in [2.24, 2.45) is 0 Å². The number of fused-ring (bicyclic) bond motifs is 4. The van der Waals surface area contributed by atoms with E-state index >= 15 is 0 Å². The number of pyridine rings is 2. The Balaban J connectivity index is 1.21. The van der Waals surface area contributed by atoms with Gasteiger partial charge in [0.15, 0.2) is 11.4 Å². The summed E-state index contributed by atoms with van der Waals surface area (Å²) in [6.45, 7) is 12.8. The average molecular weight is 907 g/mol. The van der Waals surface area contributed by atoms with Crippen LogP contribution in [0.25, 0.3) is 106 Å². The maximum Gasteiger partial charge on any atom is 0.227 e. The summed E-state index contributed by atoms with van der Waals surface area (Å²) < 4.78 is 37.9. The summed E-state index contributed by atoms with van der Waals surface area (Å²) in [5.74, 6) is -0.922. The third-order valence-corrected chi connectivity index (χ3v) is 13.0. The minimum Gasteiger partial charge on any atom is -0.507 e. The Morgan fingerprint density at radius 2 is 1.19 bits per heavy atom. The molecule has 0 spiro atoms. The summed E-state index contributed by atoms with van der Waals surface area (Å²) in [4.78, 5) is 15.4. The molecule has 0 saturated heterocycles. The second kappa shape index (κ2) is 16.5. The van der Waals surface area contributed by atoms with Gasteiger partial charge in [-0.1, -0.05) is 139 Å². The number of phenolic OH excluding ortho intramolecular Hbond substituents is 1. The molecule has 0 fully saturated rings. The first kappa shape index (κ1) is 43.3. The standard InChI is InChI=1S/C61H48F2N4O2/c1-60(2,3)42-29-39(28-40(30-42)51-33-38(26-27-64-51)36-16-9-7-10-17-36)46-21-15-23-53-55(46)66-58(67(53)52-22-14-13-20-45(52)37-18-11-8-12-19-37)54-56(68)49(61(4,5)6)35-48-47-24-25-50(65-59(47)69-57(48)54)41-31-43(62)34-44(63)32-41/h7-35,68H,1-6H3. The zero-order valence-electron chi connectivity index (χ0n) is 39.1. The van der Waals surface area contributed by atoms with Gasteiger partial charge in [0.05, 0.1) is 28.1 Å². The van der Waals surface area contributed by atoms with Crippen LogP contribution in [0.1, 0.15) is 52.7 Å². The Morgan fingerprint density at radius 1 is 0.522 bits per heavy atom. The maximum absolute atomic E-state index is 14.5. The van der Waals surface area contributed by atoms with Crippen molar-refractivity contribution in [3.8, 4) is 78.7 Å². The number of hydrogen-bond acceptors (Lipinski definition) is 5. The Hall–Kier alpha value is -8.23. The molecule has 0 bridgehead atoms. The lowest BCUT2D eigenvalue weighted by Crippen LogP contribution is -2.12. The molecule has 0 atom stereocenters. The Kier molecular flexibility index (Phi) is 10.4. The molecule has 1 N–H and O–H groups in total. The molecule has 0 unspecified atom stereocenters. The first-order valence-electron chi connectivity index (χ1n) is 23.1. The predicted molar refractivity (Wildman–Crippen MR) is 276 cm³/mol. The van der Waals surface area contributed by atoms with Gasteiger partial charge in [0.1, 0.15) is 22.9 Å². The predicted octanol–water partition coefficient (Wildman–Crippen LogP) is 16.3. The Labute approximate surface area is 399 Å². The third-order valence-electron chi connectivity index (χ3n) is 13.0. The molecule has 4 aromatic heterocycles. The second-order valence-corrected chi connectivity index (χ2v) is 19.8. The lowest BCUT2D eigenvalue weighted by atomic mass is 9.83. The number of phenols is 1. The highest BCUT2D eigenvalue weighted by Gasteiger charge is 2.31. The summed E-state index contributed by atoms with van der Waals surface area (Å²) in [7, 11) is 0. The first-order chi connectivity index (χ1) is 33.2. The van der Waals surface area contributed by atoms with E-state index < -0.39 is 17.0 Å². The van der Waals surface area contributed by atoms with Crippen LogP contribution in [0.5, 0.6) is 5.75 Å². The molecule has 0 aliphatic rings. The number of rotatable bonds is 7. The molecular weight excluding hydrogens is 859 g/mol. The molecular formula is C61H48F2N4O2. The molecule has 4 heterocycles. The fraction of sp³-hybridized carbons (Fsp3) is 0.131. The molecule has 69 heavy (non-hydrogen) atoms. The average Bonchev–Trinajstić information content (AvgIpc) is 3.91. The highest BCUT2D eigenvalue weighted by Crippen LogP contribution is 2.49. The number of hydrogen-bond donors (Lipinski definition) is 1. The second-order valence-electron chi connectivity index (χ2n) is 19.8. The van der Waals surface area contributed by atoms with Gasteiger partial charge in [-0.25, -0.2) is 18.7 Å². The number of halogens is 2. The topological polar surface area (TPSA) is 77.0 Å². The molecule has 11 rings (SSSR count). The molecule has 0 radical (unpaired) electrons. The van der Waals surface area contributed by atoms with Crippen LogP contribution < -0.4 is 0 Å². The van der Waals surface area contributed by atoms with E-state index in [0.29, 0.717) is 33.6 Å². The van der Waals surface area contributed by atoms with E-state index in [0.717, 1.165) is 78.4 Å². The van der Waals surface area contributed by atoms with E-state index in [1.807, 2.05) is 72.9 Å². The highest BCUT2D eigenvalue weighted by molar-refractivity contribution is 6.11. The van der Waals surface area contributed by atoms with E-state index in [1.165, 1.54) is 12.1 Å². The van der Waals surface area contributed by atoms with Crippen LogP contribution in [-0.2, 0) is 10.8 Å². The SMILES string of the molecule is CC(C)(C)c1cc(-c2cc(-c3ccccc3)ccn2)cc(-c2cccc3c2nc(-c2c(O)c(C(C)(C)C)cc4c2oc2nc(-c5cc(F)cc(F)c5)ccc24)n3-c2ccccc2-c2ccccc2)c1. The van der Waals surface area contributed by atoms with Gasteiger partial charge in [-0.15, -0.1) is 0 Å². The van der Waals surface area contributed by atoms with Gasteiger partial charge in [-0.2, -0.15) is 0 Å². The normalized spacial score (nSPS) is 12.1. The Bertz CT molecular complexity index is 3770. The number of para-hydroxylation sites is 2. The lowest BCUT2D eigenvalue weighted by Gasteiger charge is -2.23. The van der Waals surface area contributed by atoms with Gasteiger partial charge in [-0.05, 0) is 105 Å². The summed E-state index contributed by atoms with van der Waals surface area (Å²) >= 11 is 0. The molecule has 0 aliphatic heterocycles. The van der Waals surface area contributed by atoms with Crippen molar-refractivity contribution < 1.29 is 18.3 Å². The van der Waals surface area contributed by atoms with E-state index in [4.69, 9.17) is 19.4 Å². The van der Waals surface area contributed by atoms with E-state index in [9.17, 15) is 13.9 Å². The number of aromatic hydroxyl groups is 1. The molecule has 11 aromatic rings. The number of imidazole rings is 1. The molecule has 0 saturated carbocycles. The summed E-state index contributed by atoms with van der Waals surface area (Å²) in [6.07, 6.45) is 1.87. The van der Waals surface area contributed by atoms with Crippen molar-refractivity contribution in [1.82, 2.24) is 19.5 Å².